The van der Waals surface area contributed by atoms with Crippen LogP contribution in [0.15, 0.2) is 24.4 Å². The highest BCUT2D eigenvalue weighted by Gasteiger charge is 2.31. The number of aromatic nitrogens is 2. The minimum atomic E-state index is -0.352. The second-order valence-electron chi connectivity index (χ2n) is 4.72. The highest BCUT2D eigenvalue weighted by Crippen LogP contribution is 2.42. The Hall–Kier alpha value is -1.88. The van der Waals surface area contributed by atoms with E-state index in [1.165, 1.54) is 6.07 Å². The van der Waals surface area contributed by atoms with Crippen molar-refractivity contribution in [2.24, 2.45) is 0 Å². The van der Waals surface area contributed by atoms with E-state index in [0.29, 0.717) is 17.4 Å². The molecule has 1 fully saturated rings. The Balaban J connectivity index is 2.13. The average Bonchev–Trinajstić information content (AvgIpc) is 3.19. The predicted molar refractivity (Wildman–Crippen MR) is 68.0 cm³/mol. The number of halogens is 1. The lowest BCUT2D eigenvalue weighted by Gasteiger charge is -2.10. The topological polar surface area (TPSA) is 47.3 Å². The number of ether oxygens (including phenoxy) is 1. The van der Waals surface area contributed by atoms with Gasteiger partial charge in [-0.1, -0.05) is 0 Å². The molecular weight excluding hydrogens is 247 g/mol. The molecule has 0 radical (unpaired) electrons. The molecule has 0 aliphatic heterocycles. The molecule has 1 saturated carbocycles. The first-order valence-electron chi connectivity index (χ1n) is 6.26. The lowest BCUT2D eigenvalue weighted by atomic mass is 10.2. The Kier molecular flexibility index (Phi) is 2.98. The fourth-order valence-electron chi connectivity index (χ4n) is 2.28. The molecule has 1 aliphatic rings. The molecule has 1 N–H and O–H groups in total. The molecule has 2 aromatic rings. The largest absolute Gasteiger partial charge is 0.497 e. The van der Waals surface area contributed by atoms with E-state index < -0.39 is 0 Å². The van der Waals surface area contributed by atoms with Gasteiger partial charge in [0, 0.05) is 17.5 Å². The summed E-state index contributed by atoms with van der Waals surface area (Å²) in [6.07, 6.45) is 3.72. The first-order valence-corrected chi connectivity index (χ1v) is 6.26. The molecular formula is C14H15FN2O2. The molecule has 100 valence electrons. The SMILES string of the molecule is COc1ccc(F)c(-n2ncc(CO)c2C2CC2)c1. The minimum Gasteiger partial charge on any atom is -0.497 e. The molecule has 1 heterocycles. The fraction of sp³-hybridized carbons (Fsp3) is 0.357. The minimum absolute atomic E-state index is 0.0720. The quantitative estimate of drug-likeness (QED) is 0.920. The van der Waals surface area contributed by atoms with Crippen LogP contribution in [0, 0.1) is 5.82 Å². The first kappa shape index (κ1) is 12.2. The molecule has 0 atom stereocenters. The highest BCUT2D eigenvalue weighted by molar-refractivity contribution is 5.43. The van der Waals surface area contributed by atoms with E-state index in [0.717, 1.165) is 24.1 Å². The highest BCUT2D eigenvalue weighted by atomic mass is 19.1. The summed E-state index contributed by atoms with van der Waals surface area (Å²) in [5.41, 5.74) is 2.04. The number of aliphatic hydroxyl groups excluding tert-OH is 1. The van der Waals surface area contributed by atoms with Gasteiger partial charge < -0.3 is 9.84 Å². The maximum Gasteiger partial charge on any atom is 0.149 e. The normalized spacial score (nSPS) is 14.7. The number of nitrogens with zero attached hydrogens (tertiary/aromatic N) is 2. The van der Waals surface area contributed by atoms with E-state index in [4.69, 9.17) is 4.74 Å². The van der Waals surface area contributed by atoms with Gasteiger partial charge in [-0.2, -0.15) is 5.10 Å². The second kappa shape index (κ2) is 4.66. The van der Waals surface area contributed by atoms with Gasteiger partial charge in [0.2, 0.25) is 0 Å². The number of hydrogen-bond donors (Lipinski definition) is 1. The van der Waals surface area contributed by atoms with Crippen LogP contribution in [-0.2, 0) is 6.61 Å². The summed E-state index contributed by atoms with van der Waals surface area (Å²) in [4.78, 5) is 0. The first-order chi connectivity index (χ1) is 9.24. The molecule has 4 nitrogen and oxygen atoms in total. The van der Waals surface area contributed by atoms with Crippen LogP contribution in [0.5, 0.6) is 5.75 Å². The standard InChI is InChI=1S/C14H15FN2O2/c1-19-11-4-5-12(15)13(6-11)17-14(9-2-3-9)10(8-18)7-16-17/h4-7,9,18H,2-3,8H2,1H3. The maximum absolute atomic E-state index is 14.0. The zero-order chi connectivity index (χ0) is 13.4. The van der Waals surface area contributed by atoms with Gasteiger partial charge in [0.05, 0.1) is 25.6 Å². The summed E-state index contributed by atoms with van der Waals surface area (Å²) in [5.74, 6) is 0.602. The van der Waals surface area contributed by atoms with Crippen LogP contribution in [0.2, 0.25) is 0 Å². The molecule has 3 rings (SSSR count). The fourth-order valence-corrected chi connectivity index (χ4v) is 2.28. The lowest BCUT2D eigenvalue weighted by Crippen LogP contribution is -2.05. The summed E-state index contributed by atoms with van der Waals surface area (Å²) in [6.45, 7) is -0.0720. The number of methoxy groups -OCH3 is 1. The average molecular weight is 262 g/mol. The smallest absolute Gasteiger partial charge is 0.149 e. The van der Waals surface area contributed by atoms with Gasteiger partial charge >= 0.3 is 0 Å². The summed E-state index contributed by atoms with van der Waals surface area (Å²) in [7, 11) is 1.54. The third-order valence-electron chi connectivity index (χ3n) is 3.40. The third-order valence-corrected chi connectivity index (χ3v) is 3.40. The van der Waals surface area contributed by atoms with Crippen LogP contribution < -0.4 is 4.74 Å². The van der Waals surface area contributed by atoms with E-state index in [2.05, 4.69) is 5.10 Å². The molecule has 0 amide bonds. The van der Waals surface area contributed by atoms with Crippen LogP contribution in [0.3, 0.4) is 0 Å². The second-order valence-corrected chi connectivity index (χ2v) is 4.72. The maximum atomic E-state index is 14.0. The van der Waals surface area contributed by atoms with Crippen LogP contribution in [-0.4, -0.2) is 22.0 Å². The third kappa shape index (κ3) is 2.10. The summed E-state index contributed by atoms with van der Waals surface area (Å²) in [5, 5.41) is 13.6. The van der Waals surface area contributed by atoms with Crippen molar-refractivity contribution in [1.82, 2.24) is 9.78 Å². The lowest BCUT2D eigenvalue weighted by molar-refractivity contribution is 0.280. The van der Waals surface area contributed by atoms with Crippen molar-refractivity contribution >= 4 is 0 Å². The van der Waals surface area contributed by atoms with Crippen molar-refractivity contribution in [1.29, 1.82) is 0 Å². The van der Waals surface area contributed by atoms with Crippen molar-refractivity contribution in [3.8, 4) is 11.4 Å². The Morgan fingerprint density at radius 2 is 2.26 bits per heavy atom. The Morgan fingerprint density at radius 1 is 1.47 bits per heavy atom. The number of benzene rings is 1. The van der Waals surface area contributed by atoms with Gasteiger partial charge in [-0.15, -0.1) is 0 Å². The van der Waals surface area contributed by atoms with E-state index in [-0.39, 0.29) is 12.4 Å². The molecule has 19 heavy (non-hydrogen) atoms. The molecule has 1 aliphatic carbocycles. The van der Waals surface area contributed by atoms with Crippen LogP contribution in [0.1, 0.15) is 30.0 Å². The van der Waals surface area contributed by atoms with Gasteiger partial charge in [0.15, 0.2) is 0 Å². The van der Waals surface area contributed by atoms with Crippen molar-refractivity contribution in [3.05, 3.63) is 41.5 Å². The van der Waals surface area contributed by atoms with Crippen LogP contribution >= 0.6 is 0 Å². The summed E-state index contributed by atoms with van der Waals surface area (Å²) in [6, 6.07) is 4.56. The zero-order valence-electron chi connectivity index (χ0n) is 10.6. The molecule has 5 heteroatoms. The van der Waals surface area contributed by atoms with E-state index >= 15 is 0 Å². The Bertz CT molecular complexity index is 605. The van der Waals surface area contributed by atoms with Gasteiger partial charge in [0.25, 0.3) is 0 Å². The number of rotatable bonds is 4. The number of hydrogen-bond acceptors (Lipinski definition) is 3. The zero-order valence-corrected chi connectivity index (χ0v) is 10.6. The molecule has 0 unspecified atom stereocenters. The van der Waals surface area contributed by atoms with Crippen molar-refractivity contribution in [3.63, 3.8) is 0 Å². The molecule has 0 bridgehead atoms. The number of aliphatic hydroxyl groups is 1. The summed E-state index contributed by atoms with van der Waals surface area (Å²) < 4.78 is 20.7. The predicted octanol–water partition coefficient (Wildman–Crippen LogP) is 2.39. The molecule has 1 aromatic carbocycles. The summed E-state index contributed by atoms with van der Waals surface area (Å²) >= 11 is 0. The van der Waals surface area contributed by atoms with Gasteiger partial charge in [-0.3, -0.25) is 0 Å². The molecule has 0 spiro atoms. The van der Waals surface area contributed by atoms with E-state index in [9.17, 15) is 9.50 Å². The van der Waals surface area contributed by atoms with Crippen LogP contribution in [0.4, 0.5) is 4.39 Å². The Morgan fingerprint density at radius 3 is 2.89 bits per heavy atom. The van der Waals surface area contributed by atoms with Crippen LogP contribution in [0.25, 0.3) is 5.69 Å². The Labute approximate surface area is 110 Å². The molecule has 0 saturated heterocycles. The monoisotopic (exact) mass is 262 g/mol. The van der Waals surface area contributed by atoms with Gasteiger partial charge in [0.1, 0.15) is 17.3 Å². The van der Waals surface area contributed by atoms with Crippen molar-refractivity contribution in [2.75, 3.05) is 7.11 Å². The molecule has 1 aromatic heterocycles. The van der Waals surface area contributed by atoms with Crippen molar-refractivity contribution < 1.29 is 14.2 Å². The van der Waals surface area contributed by atoms with Gasteiger partial charge in [-0.25, -0.2) is 9.07 Å². The van der Waals surface area contributed by atoms with E-state index in [1.807, 2.05) is 0 Å². The van der Waals surface area contributed by atoms with Gasteiger partial charge in [-0.05, 0) is 25.0 Å². The van der Waals surface area contributed by atoms with Crippen molar-refractivity contribution in [2.45, 2.75) is 25.4 Å². The van der Waals surface area contributed by atoms with E-state index in [1.54, 1.807) is 30.1 Å².